The van der Waals surface area contributed by atoms with Crippen molar-refractivity contribution in [2.45, 2.75) is 13.1 Å². The van der Waals surface area contributed by atoms with E-state index in [1.807, 2.05) is 41.2 Å². The minimum Gasteiger partial charge on any atom is -0.309 e. The Kier molecular flexibility index (Phi) is 4.34. The molecular formula is C17H16ClN3. The smallest absolute Gasteiger partial charge is 0.0645 e. The Morgan fingerprint density at radius 2 is 1.52 bits per heavy atom. The van der Waals surface area contributed by atoms with Gasteiger partial charge in [0.25, 0.3) is 0 Å². The first-order valence-electron chi connectivity index (χ1n) is 6.85. The molecule has 0 aliphatic rings. The van der Waals surface area contributed by atoms with Crippen LogP contribution in [0.3, 0.4) is 0 Å². The monoisotopic (exact) mass is 297 g/mol. The number of hydrogen-bond donors (Lipinski definition) is 1. The summed E-state index contributed by atoms with van der Waals surface area (Å²) < 4.78 is 1.85. The van der Waals surface area contributed by atoms with Gasteiger partial charge in [0, 0.05) is 30.5 Å². The Morgan fingerprint density at radius 3 is 2.10 bits per heavy atom. The SMILES string of the molecule is Clc1ccc(CNCc2ccc(-n3cccn3)cc2)cc1. The van der Waals surface area contributed by atoms with Gasteiger partial charge in [-0.15, -0.1) is 0 Å². The van der Waals surface area contributed by atoms with Gasteiger partial charge in [0.15, 0.2) is 0 Å². The van der Waals surface area contributed by atoms with E-state index in [2.05, 4.69) is 34.7 Å². The minimum absolute atomic E-state index is 0.771. The molecule has 0 fully saturated rings. The maximum Gasteiger partial charge on any atom is 0.0645 e. The Labute approximate surface area is 129 Å². The molecule has 4 heteroatoms. The number of halogens is 1. The fraction of sp³-hybridized carbons (Fsp3) is 0.118. The topological polar surface area (TPSA) is 29.9 Å². The highest BCUT2D eigenvalue weighted by atomic mass is 35.5. The van der Waals surface area contributed by atoms with Crippen molar-refractivity contribution in [3.8, 4) is 5.69 Å². The van der Waals surface area contributed by atoms with E-state index in [0.29, 0.717) is 0 Å². The Bertz CT molecular complexity index is 673. The molecule has 21 heavy (non-hydrogen) atoms. The molecule has 0 saturated heterocycles. The van der Waals surface area contributed by atoms with Gasteiger partial charge >= 0.3 is 0 Å². The van der Waals surface area contributed by atoms with Crippen LogP contribution in [0.4, 0.5) is 0 Å². The highest BCUT2D eigenvalue weighted by Gasteiger charge is 1.98. The van der Waals surface area contributed by atoms with Crippen molar-refractivity contribution in [2.24, 2.45) is 0 Å². The second-order valence-electron chi connectivity index (χ2n) is 4.85. The number of benzene rings is 2. The summed E-state index contributed by atoms with van der Waals surface area (Å²) in [7, 11) is 0. The van der Waals surface area contributed by atoms with E-state index < -0.39 is 0 Å². The average Bonchev–Trinajstić information content (AvgIpc) is 3.04. The van der Waals surface area contributed by atoms with E-state index in [9.17, 15) is 0 Å². The third-order valence-electron chi connectivity index (χ3n) is 3.28. The zero-order valence-corrected chi connectivity index (χ0v) is 12.3. The van der Waals surface area contributed by atoms with Crippen molar-refractivity contribution in [2.75, 3.05) is 0 Å². The molecular weight excluding hydrogens is 282 g/mol. The van der Waals surface area contributed by atoms with E-state index in [-0.39, 0.29) is 0 Å². The number of rotatable bonds is 5. The van der Waals surface area contributed by atoms with Gasteiger partial charge in [-0.25, -0.2) is 4.68 Å². The lowest BCUT2D eigenvalue weighted by Gasteiger charge is -2.07. The predicted octanol–water partition coefficient (Wildman–Crippen LogP) is 3.82. The summed E-state index contributed by atoms with van der Waals surface area (Å²) in [5, 5.41) is 8.41. The van der Waals surface area contributed by atoms with Crippen LogP contribution in [0.5, 0.6) is 0 Å². The molecule has 2 aromatic carbocycles. The van der Waals surface area contributed by atoms with Crippen molar-refractivity contribution < 1.29 is 0 Å². The van der Waals surface area contributed by atoms with Crippen LogP contribution in [0, 0.1) is 0 Å². The molecule has 0 amide bonds. The van der Waals surface area contributed by atoms with Crippen LogP contribution in [0.15, 0.2) is 67.0 Å². The summed E-state index contributed by atoms with van der Waals surface area (Å²) in [6.07, 6.45) is 3.72. The molecule has 0 aliphatic heterocycles. The Balaban J connectivity index is 1.55. The van der Waals surface area contributed by atoms with Gasteiger partial charge in [-0.05, 0) is 41.5 Å². The van der Waals surface area contributed by atoms with Crippen LogP contribution in [0.2, 0.25) is 5.02 Å². The first kappa shape index (κ1) is 13.9. The van der Waals surface area contributed by atoms with Crippen molar-refractivity contribution in [3.63, 3.8) is 0 Å². The molecule has 0 aliphatic carbocycles. The maximum atomic E-state index is 5.87. The molecule has 0 saturated carbocycles. The molecule has 0 bridgehead atoms. The lowest BCUT2D eigenvalue weighted by atomic mass is 10.2. The molecule has 0 spiro atoms. The van der Waals surface area contributed by atoms with Crippen molar-refractivity contribution in [1.29, 1.82) is 0 Å². The van der Waals surface area contributed by atoms with Gasteiger partial charge in [0.1, 0.15) is 0 Å². The zero-order valence-electron chi connectivity index (χ0n) is 11.5. The second kappa shape index (κ2) is 6.57. The van der Waals surface area contributed by atoms with Gasteiger partial charge in [0.05, 0.1) is 5.69 Å². The van der Waals surface area contributed by atoms with E-state index in [1.54, 1.807) is 6.20 Å². The summed E-state index contributed by atoms with van der Waals surface area (Å²) in [6, 6.07) is 18.2. The van der Waals surface area contributed by atoms with Crippen LogP contribution < -0.4 is 5.32 Å². The first-order chi connectivity index (χ1) is 10.3. The largest absolute Gasteiger partial charge is 0.309 e. The van der Waals surface area contributed by atoms with Crippen LogP contribution in [-0.4, -0.2) is 9.78 Å². The molecule has 3 rings (SSSR count). The molecule has 0 radical (unpaired) electrons. The summed E-state index contributed by atoms with van der Waals surface area (Å²) in [4.78, 5) is 0. The fourth-order valence-electron chi connectivity index (χ4n) is 2.14. The number of aromatic nitrogens is 2. The highest BCUT2D eigenvalue weighted by molar-refractivity contribution is 6.30. The Hall–Kier alpha value is -2.10. The summed E-state index contributed by atoms with van der Waals surface area (Å²) in [5.41, 5.74) is 3.55. The number of nitrogens with zero attached hydrogens (tertiary/aromatic N) is 2. The summed E-state index contributed by atoms with van der Waals surface area (Å²) in [5.74, 6) is 0. The molecule has 1 heterocycles. The fourth-order valence-corrected chi connectivity index (χ4v) is 2.27. The van der Waals surface area contributed by atoms with Gasteiger partial charge in [-0.2, -0.15) is 5.10 Å². The van der Waals surface area contributed by atoms with Gasteiger partial charge in [-0.1, -0.05) is 35.9 Å². The standard InChI is InChI=1S/C17H16ClN3/c18-16-6-2-14(3-7-16)12-19-13-15-4-8-17(9-5-15)21-11-1-10-20-21/h1-11,19H,12-13H2. The predicted molar refractivity (Wildman–Crippen MR) is 85.6 cm³/mol. The summed E-state index contributed by atoms with van der Waals surface area (Å²) in [6.45, 7) is 1.67. The van der Waals surface area contributed by atoms with Crippen LogP contribution in [0.1, 0.15) is 11.1 Å². The Morgan fingerprint density at radius 1 is 0.905 bits per heavy atom. The quantitative estimate of drug-likeness (QED) is 0.776. The molecule has 1 aromatic heterocycles. The number of nitrogens with one attached hydrogen (secondary N) is 1. The van der Waals surface area contributed by atoms with Crippen molar-refractivity contribution >= 4 is 11.6 Å². The third-order valence-corrected chi connectivity index (χ3v) is 3.53. The second-order valence-corrected chi connectivity index (χ2v) is 5.28. The molecule has 106 valence electrons. The van der Waals surface area contributed by atoms with Crippen LogP contribution in [-0.2, 0) is 13.1 Å². The van der Waals surface area contributed by atoms with E-state index >= 15 is 0 Å². The van der Waals surface area contributed by atoms with Gasteiger partial charge < -0.3 is 5.32 Å². The van der Waals surface area contributed by atoms with Gasteiger partial charge in [0.2, 0.25) is 0 Å². The summed E-state index contributed by atoms with van der Waals surface area (Å²) >= 11 is 5.87. The normalized spacial score (nSPS) is 10.7. The lowest BCUT2D eigenvalue weighted by Crippen LogP contribution is -2.12. The minimum atomic E-state index is 0.771. The van der Waals surface area contributed by atoms with E-state index in [1.165, 1.54) is 11.1 Å². The number of hydrogen-bond acceptors (Lipinski definition) is 2. The first-order valence-corrected chi connectivity index (χ1v) is 7.23. The highest BCUT2D eigenvalue weighted by Crippen LogP contribution is 2.10. The van der Waals surface area contributed by atoms with Crippen molar-refractivity contribution in [1.82, 2.24) is 15.1 Å². The average molecular weight is 298 g/mol. The molecule has 0 atom stereocenters. The zero-order chi connectivity index (χ0) is 14.5. The molecule has 3 nitrogen and oxygen atoms in total. The van der Waals surface area contributed by atoms with E-state index in [4.69, 9.17) is 11.6 Å². The molecule has 0 unspecified atom stereocenters. The van der Waals surface area contributed by atoms with Gasteiger partial charge in [-0.3, -0.25) is 0 Å². The maximum absolute atomic E-state index is 5.87. The third kappa shape index (κ3) is 3.72. The van der Waals surface area contributed by atoms with E-state index in [0.717, 1.165) is 23.8 Å². The van der Waals surface area contributed by atoms with Crippen molar-refractivity contribution in [3.05, 3.63) is 83.1 Å². The lowest BCUT2D eigenvalue weighted by molar-refractivity contribution is 0.693. The molecule has 1 N–H and O–H groups in total. The van der Waals surface area contributed by atoms with Crippen LogP contribution in [0.25, 0.3) is 5.69 Å². The van der Waals surface area contributed by atoms with Crippen LogP contribution >= 0.6 is 11.6 Å². The molecule has 3 aromatic rings.